The minimum atomic E-state index is -0.502. The van der Waals surface area contributed by atoms with Gasteiger partial charge in [0.2, 0.25) is 0 Å². The summed E-state index contributed by atoms with van der Waals surface area (Å²) in [6.07, 6.45) is 0.896. The van der Waals surface area contributed by atoms with Crippen LogP contribution in [0.15, 0.2) is 24.2 Å². The van der Waals surface area contributed by atoms with Crippen molar-refractivity contribution in [1.82, 2.24) is 15.5 Å². The Kier molecular flexibility index (Phi) is 7.73. The maximum absolute atomic E-state index is 10.3. The molecule has 0 aliphatic heterocycles. The first-order chi connectivity index (χ1) is 10.0. The second-order valence-corrected chi connectivity index (χ2v) is 5.92. The molecule has 2 N–H and O–H groups in total. The van der Waals surface area contributed by atoms with Gasteiger partial charge in [-0.3, -0.25) is 10.1 Å². The van der Waals surface area contributed by atoms with Crippen molar-refractivity contribution in [3.8, 4) is 0 Å². The lowest BCUT2D eigenvalue weighted by Crippen LogP contribution is -2.27. The summed E-state index contributed by atoms with van der Waals surface area (Å²) < 4.78 is 5.55. The van der Waals surface area contributed by atoms with E-state index in [1.165, 1.54) is 9.75 Å². The third-order valence-electron chi connectivity index (χ3n) is 2.50. The molecule has 1 aromatic heterocycles. The number of nitrogens with one attached hydrogen (secondary N) is 2. The Morgan fingerprint density at radius 1 is 1.48 bits per heavy atom. The molecule has 0 amide bonds. The molecule has 0 fully saturated rings. The standard InChI is InChI=1S/C13H22N4O3S/c1-14-13(9-17(18)19)15-6-7-20-10-12-5-4-11(21-12)8-16(2)3/h4-5,9,14-15H,6-8,10H2,1-3H3. The van der Waals surface area contributed by atoms with Crippen LogP contribution in [0.4, 0.5) is 0 Å². The molecule has 0 atom stereocenters. The third kappa shape index (κ3) is 7.64. The van der Waals surface area contributed by atoms with Gasteiger partial charge < -0.3 is 20.3 Å². The van der Waals surface area contributed by atoms with Gasteiger partial charge in [-0.25, -0.2) is 0 Å². The van der Waals surface area contributed by atoms with Gasteiger partial charge >= 0.3 is 0 Å². The first-order valence-corrected chi connectivity index (χ1v) is 7.40. The van der Waals surface area contributed by atoms with Crippen LogP contribution < -0.4 is 10.6 Å². The summed E-state index contributed by atoms with van der Waals surface area (Å²) in [5, 5.41) is 15.9. The van der Waals surface area contributed by atoms with Gasteiger partial charge in [-0.05, 0) is 26.2 Å². The van der Waals surface area contributed by atoms with Crippen molar-refractivity contribution in [3.05, 3.63) is 44.0 Å². The highest BCUT2D eigenvalue weighted by molar-refractivity contribution is 7.11. The third-order valence-corrected chi connectivity index (χ3v) is 3.54. The fourth-order valence-corrected chi connectivity index (χ4v) is 2.71. The number of rotatable bonds is 10. The number of nitrogens with zero attached hydrogens (tertiary/aromatic N) is 2. The lowest BCUT2D eigenvalue weighted by Gasteiger charge is -2.08. The highest BCUT2D eigenvalue weighted by Crippen LogP contribution is 2.18. The zero-order valence-corrected chi connectivity index (χ0v) is 13.4. The Morgan fingerprint density at radius 3 is 2.81 bits per heavy atom. The molecule has 0 bridgehead atoms. The Labute approximate surface area is 128 Å². The monoisotopic (exact) mass is 314 g/mol. The van der Waals surface area contributed by atoms with Gasteiger partial charge in [-0.15, -0.1) is 11.3 Å². The van der Waals surface area contributed by atoms with Crippen LogP contribution in [0.25, 0.3) is 0 Å². The zero-order chi connectivity index (χ0) is 15.7. The quantitative estimate of drug-likeness (QED) is 0.384. The molecular weight excluding hydrogens is 292 g/mol. The summed E-state index contributed by atoms with van der Waals surface area (Å²) in [6.45, 7) is 2.49. The topological polar surface area (TPSA) is 79.7 Å². The number of hydrogen-bond donors (Lipinski definition) is 2. The van der Waals surface area contributed by atoms with E-state index in [0.29, 0.717) is 25.6 Å². The van der Waals surface area contributed by atoms with Gasteiger partial charge in [-0.2, -0.15) is 0 Å². The minimum absolute atomic E-state index is 0.369. The smallest absolute Gasteiger partial charge is 0.274 e. The normalized spacial score (nSPS) is 11.7. The maximum atomic E-state index is 10.3. The second-order valence-electron chi connectivity index (χ2n) is 4.66. The van der Waals surface area contributed by atoms with E-state index >= 15 is 0 Å². The lowest BCUT2D eigenvalue weighted by atomic mass is 10.4. The number of ether oxygens (including phenoxy) is 1. The Balaban J connectivity index is 2.22. The van der Waals surface area contributed by atoms with E-state index in [2.05, 4.69) is 27.7 Å². The molecule has 7 nitrogen and oxygen atoms in total. The van der Waals surface area contributed by atoms with E-state index < -0.39 is 4.92 Å². The van der Waals surface area contributed by atoms with Crippen molar-refractivity contribution in [1.29, 1.82) is 0 Å². The zero-order valence-electron chi connectivity index (χ0n) is 12.6. The van der Waals surface area contributed by atoms with Gasteiger partial charge in [0.1, 0.15) is 0 Å². The molecule has 21 heavy (non-hydrogen) atoms. The minimum Gasteiger partial charge on any atom is -0.374 e. The van der Waals surface area contributed by atoms with Crippen molar-refractivity contribution in [2.45, 2.75) is 13.2 Å². The van der Waals surface area contributed by atoms with Gasteiger partial charge in [0.05, 0.1) is 18.1 Å². The van der Waals surface area contributed by atoms with Crippen molar-refractivity contribution in [2.24, 2.45) is 0 Å². The van der Waals surface area contributed by atoms with Crippen molar-refractivity contribution in [3.63, 3.8) is 0 Å². The number of nitro groups is 1. The molecule has 1 aromatic rings. The van der Waals surface area contributed by atoms with E-state index in [9.17, 15) is 10.1 Å². The van der Waals surface area contributed by atoms with Gasteiger partial charge in [0, 0.05) is 29.9 Å². The predicted octanol–water partition coefficient (Wildman–Crippen LogP) is 1.21. The van der Waals surface area contributed by atoms with E-state index in [-0.39, 0.29) is 0 Å². The molecule has 1 rings (SSSR count). The Hall–Kier alpha value is -1.64. The Morgan fingerprint density at radius 2 is 2.19 bits per heavy atom. The second kappa shape index (κ2) is 9.32. The number of thiophene rings is 1. The van der Waals surface area contributed by atoms with Gasteiger partial charge in [0.25, 0.3) is 6.20 Å². The molecule has 0 aliphatic carbocycles. The molecule has 118 valence electrons. The van der Waals surface area contributed by atoms with Crippen LogP contribution in [0.3, 0.4) is 0 Å². The molecule has 0 saturated heterocycles. The van der Waals surface area contributed by atoms with Crippen LogP contribution in [0.5, 0.6) is 0 Å². The predicted molar refractivity (Wildman–Crippen MR) is 83.5 cm³/mol. The van der Waals surface area contributed by atoms with Crippen molar-refractivity contribution in [2.75, 3.05) is 34.3 Å². The van der Waals surface area contributed by atoms with E-state index in [0.717, 1.165) is 12.7 Å². The van der Waals surface area contributed by atoms with Crippen LogP contribution >= 0.6 is 11.3 Å². The summed E-state index contributed by atoms with van der Waals surface area (Å²) in [5.74, 6) is 0.369. The summed E-state index contributed by atoms with van der Waals surface area (Å²) in [5.41, 5.74) is 0. The molecule has 8 heteroatoms. The molecular formula is C13H22N4O3S. The average molecular weight is 314 g/mol. The molecule has 0 aliphatic rings. The van der Waals surface area contributed by atoms with Crippen LogP contribution in [0.2, 0.25) is 0 Å². The van der Waals surface area contributed by atoms with E-state index in [4.69, 9.17) is 4.74 Å². The van der Waals surface area contributed by atoms with Crippen LogP contribution in [0.1, 0.15) is 9.75 Å². The average Bonchev–Trinajstić information content (AvgIpc) is 2.83. The first kappa shape index (κ1) is 17.4. The lowest BCUT2D eigenvalue weighted by molar-refractivity contribution is -0.404. The van der Waals surface area contributed by atoms with E-state index in [1.54, 1.807) is 18.4 Å². The van der Waals surface area contributed by atoms with Crippen LogP contribution in [-0.4, -0.2) is 44.1 Å². The maximum Gasteiger partial charge on any atom is 0.274 e. The largest absolute Gasteiger partial charge is 0.374 e. The van der Waals surface area contributed by atoms with Crippen molar-refractivity contribution >= 4 is 11.3 Å². The highest BCUT2D eigenvalue weighted by Gasteiger charge is 2.02. The summed E-state index contributed by atoms with van der Waals surface area (Å²) >= 11 is 1.74. The fourth-order valence-electron chi connectivity index (χ4n) is 1.63. The molecule has 0 aromatic carbocycles. The van der Waals surface area contributed by atoms with Crippen LogP contribution in [-0.2, 0) is 17.9 Å². The summed E-state index contributed by atoms with van der Waals surface area (Å²) in [7, 11) is 5.71. The summed E-state index contributed by atoms with van der Waals surface area (Å²) in [6, 6.07) is 4.18. The van der Waals surface area contributed by atoms with Gasteiger partial charge in [0.15, 0.2) is 5.82 Å². The SMILES string of the molecule is CNC(=C[N+](=O)[O-])NCCOCc1ccc(CN(C)C)s1. The first-order valence-electron chi connectivity index (χ1n) is 6.58. The molecule has 1 heterocycles. The fraction of sp³-hybridized carbons (Fsp3) is 0.538. The molecule has 0 spiro atoms. The molecule has 0 unspecified atom stereocenters. The van der Waals surface area contributed by atoms with E-state index in [1.807, 2.05) is 14.1 Å². The van der Waals surface area contributed by atoms with Crippen molar-refractivity contribution < 1.29 is 9.66 Å². The van der Waals surface area contributed by atoms with Crippen LogP contribution in [0, 0.1) is 10.1 Å². The van der Waals surface area contributed by atoms with Gasteiger partial charge in [-0.1, -0.05) is 0 Å². The Bertz CT molecular complexity index is 474. The summed E-state index contributed by atoms with van der Waals surface area (Å²) in [4.78, 5) is 14.5. The molecule has 0 saturated carbocycles. The highest BCUT2D eigenvalue weighted by atomic mass is 32.1. The molecule has 0 radical (unpaired) electrons. The number of hydrogen-bond acceptors (Lipinski definition) is 7.